The number of hydrogen-bond donors (Lipinski definition) is 2. The molecule has 2 N–H and O–H groups in total. The average Bonchev–Trinajstić information content (AvgIpc) is 2.62. The molecule has 6 heteroatoms. The van der Waals surface area contributed by atoms with Crippen LogP contribution in [0, 0.1) is 0 Å². The number of carbonyl (C=O) groups is 2. The number of carbonyl (C=O) groups excluding carboxylic acids is 2. The van der Waals surface area contributed by atoms with Gasteiger partial charge in [-0.05, 0) is 29.8 Å². The number of nitrogens with zero attached hydrogens (tertiary/aromatic N) is 2. The SMILES string of the molecule is CC(=O)Nc1ccc(/C=N/NC(=O)c2ccc3ccccc3n2)cc1. The van der Waals surface area contributed by atoms with Crippen molar-refractivity contribution < 1.29 is 9.59 Å². The molecule has 0 radical (unpaired) electrons. The summed E-state index contributed by atoms with van der Waals surface area (Å²) < 4.78 is 0. The molecule has 0 saturated heterocycles. The molecule has 124 valence electrons. The number of fused-ring (bicyclic) bond motifs is 1. The Balaban J connectivity index is 1.64. The minimum absolute atomic E-state index is 0.128. The van der Waals surface area contributed by atoms with Crippen molar-refractivity contribution in [1.29, 1.82) is 0 Å². The molecule has 0 unspecified atom stereocenters. The zero-order valence-corrected chi connectivity index (χ0v) is 13.6. The standard InChI is InChI=1S/C19H16N4O2/c1-13(24)21-16-9-6-14(7-10-16)12-20-23-19(25)18-11-8-15-4-2-3-5-17(15)22-18/h2-12H,1H3,(H,21,24)(H,23,25)/b20-12+. The van der Waals surface area contributed by atoms with Crippen LogP contribution >= 0.6 is 0 Å². The predicted octanol–water partition coefficient (Wildman–Crippen LogP) is 2.96. The van der Waals surface area contributed by atoms with Gasteiger partial charge in [0.2, 0.25) is 5.91 Å². The molecule has 6 nitrogen and oxygen atoms in total. The van der Waals surface area contributed by atoms with Gasteiger partial charge in [-0.15, -0.1) is 0 Å². The Morgan fingerprint density at radius 3 is 2.52 bits per heavy atom. The van der Waals surface area contributed by atoms with Gasteiger partial charge in [0.1, 0.15) is 5.69 Å². The molecule has 3 aromatic rings. The molecule has 0 atom stereocenters. The molecule has 1 aromatic heterocycles. The zero-order valence-electron chi connectivity index (χ0n) is 13.6. The van der Waals surface area contributed by atoms with Crippen LogP contribution in [0.1, 0.15) is 23.0 Å². The molecule has 0 bridgehead atoms. The molecular weight excluding hydrogens is 316 g/mol. The van der Waals surface area contributed by atoms with Gasteiger partial charge in [-0.1, -0.05) is 36.4 Å². The number of amides is 2. The largest absolute Gasteiger partial charge is 0.326 e. The topological polar surface area (TPSA) is 83.5 Å². The molecule has 0 fully saturated rings. The highest BCUT2D eigenvalue weighted by atomic mass is 16.2. The number of aromatic nitrogens is 1. The minimum atomic E-state index is -0.378. The van der Waals surface area contributed by atoms with Crippen molar-refractivity contribution in [3.05, 3.63) is 71.9 Å². The highest BCUT2D eigenvalue weighted by Crippen LogP contribution is 2.11. The van der Waals surface area contributed by atoms with Crippen LogP contribution in [-0.4, -0.2) is 23.0 Å². The van der Waals surface area contributed by atoms with E-state index in [0.717, 1.165) is 16.5 Å². The van der Waals surface area contributed by atoms with Gasteiger partial charge in [0.05, 0.1) is 11.7 Å². The van der Waals surface area contributed by atoms with Crippen LogP contribution in [-0.2, 0) is 4.79 Å². The minimum Gasteiger partial charge on any atom is -0.326 e. The summed E-state index contributed by atoms with van der Waals surface area (Å²) in [6, 6.07) is 18.2. The maximum absolute atomic E-state index is 12.1. The number of para-hydroxylation sites is 1. The first kappa shape index (κ1) is 16.3. The van der Waals surface area contributed by atoms with Gasteiger partial charge >= 0.3 is 0 Å². The van der Waals surface area contributed by atoms with E-state index < -0.39 is 0 Å². The first-order valence-electron chi connectivity index (χ1n) is 7.69. The molecule has 3 rings (SSSR count). The molecule has 2 amide bonds. The smallest absolute Gasteiger partial charge is 0.289 e. The van der Waals surface area contributed by atoms with Crippen molar-refractivity contribution in [2.45, 2.75) is 6.92 Å². The van der Waals surface area contributed by atoms with Crippen molar-refractivity contribution in [1.82, 2.24) is 10.4 Å². The monoisotopic (exact) mass is 332 g/mol. The molecule has 0 aliphatic carbocycles. The first-order chi connectivity index (χ1) is 12.1. The maximum Gasteiger partial charge on any atom is 0.289 e. The van der Waals surface area contributed by atoms with Gasteiger partial charge in [-0.2, -0.15) is 5.10 Å². The van der Waals surface area contributed by atoms with Crippen LogP contribution in [0.15, 0.2) is 65.8 Å². The summed E-state index contributed by atoms with van der Waals surface area (Å²) in [7, 11) is 0. The molecular formula is C19H16N4O2. The number of benzene rings is 2. The summed E-state index contributed by atoms with van der Waals surface area (Å²) in [4.78, 5) is 27.4. The molecule has 2 aromatic carbocycles. The van der Waals surface area contributed by atoms with Crippen molar-refractivity contribution in [3.63, 3.8) is 0 Å². The Kier molecular flexibility index (Phi) is 4.80. The number of anilines is 1. The number of pyridine rings is 1. The highest BCUT2D eigenvalue weighted by molar-refractivity contribution is 5.95. The fourth-order valence-electron chi connectivity index (χ4n) is 2.27. The van der Waals surface area contributed by atoms with Crippen molar-refractivity contribution >= 4 is 34.6 Å². The second kappa shape index (κ2) is 7.35. The maximum atomic E-state index is 12.1. The zero-order chi connectivity index (χ0) is 17.6. The second-order valence-electron chi connectivity index (χ2n) is 5.39. The summed E-state index contributed by atoms with van der Waals surface area (Å²) >= 11 is 0. The Morgan fingerprint density at radius 1 is 1.00 bits per heavy atom. The Morgan fingerprint density at radius 2 is 1.76 bits per heavy atom. The van der Waals surface area contributed by atoms with Gasteiger partial charge in [0.25, 0.3) is 5.91 Å². The lowest BCUT2D eigenvalue weighted by Crippen LogP contribution is -2.18. The van der Waals surface area contributed by atoms with E-state index in [1.807, 2.05) is 30.3 Å². The molecule has 0 saturated carbocycles. The van der Waals surface area contributed by atoms with Crippen LogP contribution in [0.2, 0.25) is 0 Å². The molecule has 0 aliphatic heterocycles. The third kappa shape index (κ3) is 4.26. The van der Waals surface area contributed by atoms with Gasteiger partial charge in [0.15, 0.2) is 0 Å². The van der Waals surface area contributed by atoms with Crippen LogP contribution in [0.25, 0.3) is 10.9 Å². The summed E-state index contributed by atoms with van der Waals surface area (Å²) in [5, 5.41) is 7.59. The average molecular weight is 332 g/mol. The molecule has 0 aliphatic rings. The van der Waals surface area contributed by atoms with Crippen molar-refractivity contribution in [2.75, 3.05) is 5.32 Å². The van der Waals surface area contributed by atoms with Gasteiger partial charge in [-0.3, -0.25) is 9.59 Å². The van der Waals surface area contributed by atoms with E-state index in [1.165, 1.54) is 13.1 Å². The number of nitrogens with one attached hydrogen (secondary N) is 2. The van der Waals surface area contributed by atoms with Crippen LogP contribution in [0.3, 0.4) is 0 Å². The number of hydrogen-bond acceptors (Lipinski definition) is 4. The van der Waals surface area contributed by atoms with E-state index in [4.69, 9.17) is 0 Å². The molecule has 1 heterocycles. The van der Waals surface area contributed by atoms with Gasteiger partial charge in [-0.25, -0.2) is 10.4 Å². The van der Waals surface area contributed by atoms with E-state index in [1.54, 1.807) is 30.3 Å². The van der Waals surface area contributed by atoms with Crippen molar-refractivity contribution in [2.24, 2.45) is 5.10 Å². The predicted molar refractivity (Wildman–Crippen MR) is 97.5 cm³/mol. The summed E-state index contributed by atoms with van der Waals surface area (Å²) in [6.07, 6.45) is 1.52. The van der Waals surface area contributed by atoms with E-state index in [0.29, 0.717) is 11.4 Å². The van der Waals surface area contributed by atoms with Crippen LogP contribution in [0.5, 0.6) is 0 Å². The molecule has 0 spiro atoms. The lowest BCUT2D eigenvalue weighted by Gasteiger charge is -2.02. The third-order valence-corrected chi connectivity index (χ3v) is 3.44. The second-order valence-corrected chi connectivity index (χ2v) is 5.39. The summed E-state index contributed by atoms with van der Waals surface area (Å²) in [5.74, 6) is -0.506. The van der Waals surface area contributed by atoms with Crippen molar-refractivity contribution in [3.8, 4) is 0 Å². The Bertz CT molecular complexity index is 949. The quantitative estimate of drug-likeness (QED) is 0.569. The van der Waals surface area contributed by atoms with Gasteiger partial charge < -0.3 is 5.32 Å². The van der Waals surface area contributed by atoms with E-state index in [2.05, 4.69) is 20.8 Å². The summed E-state index contributed by atoms with van der Waals surface area (Å²) in [5.41, 5.74) is 5.01. The lowest BCUT2D eigenvalue weighted by atomic mass is 10.2. The van der Waals surface area contributed by atoms with Gasteiger partial charge in [0, 0.05) is 18.0 Å². The van der Waals surface area contributed by atoms with Crippen LogP contribution in [0.4, 0.5) is 5.69 Å². The summed E-state index contributed by atoms with van der Waals surface area (Å²) in [6.45, 7) is 1.45. The third-order valence-electron chi connectivity index (χ3n) is 3.44. The number of hydrazone groups is 1. The molecule has 25 heavy (non-hydrogen) atoms. The number of rotatable bonds is 4. The fourth-order valence-corrected chi connectivity index (χ4v) is 2.27. The lowest BCUT2D eigenvalue weighted by molar-refractivity contribution is -0.114. The highest BCUT2D eigenvalue weighted by Gasteiger charge is 2.06. The Hall–Kier alpha value is -3.54. The van der Waals surface area contributed by atoms with E-state index in [9.17, 15) is 9.59 Å². The van der Waals surface area contributed by atoms with Crippen LogP contribution < -0.4 is 10.7 Å². The first-order valence-corrected chi connectivity index (χ1v) is 7.69. The van der Waals surface area contributed by atoms with E-state index in [-0.39, 0.29) is 11.8 Å². The Labute approximate surface area is 144 Å². The normalized spacial score (nSPS) is 10.8. The van der Waals surface area contributed by atoms with E-state index >= 15 is 0 Å². The fraction of sp³-hybridized carbons (Fsp3) is 0.0526.